The van der Waals surface area contributed by atoms with Crippen LogP contribution < -0.4 is 10.6 Å². The van der Waals surface area contributed by atoms with Gasteiger partial charge in [-0.2, -0.15) is 0 Å². The zero-order valence-corrected chi connectivity index (χ0v) is 12.8. The Hall–Kier alpha value is -1.53. The maximum atomic E-state index is 8.63. The van der Waals surface area contributed by atoms with Crippen LogP contribution in [0.1, 0.15) is 25.5 Å². The molecule has 0 saturated heterocycles. The summed E-state index contributed by atoms with van der Waals surface area (Å²) in [7, 11) is 0. The molecule has 3 N–H and O–H groups in total. The number of aliphatic hydroxyl groups is 1. The molecule has 6 nitrogen and oxygen atoms in total. The number of guanidine groups is 1. The summed E-state index contributed by atoms with van der Waals surface area (Å²) >= 11 is 0. The SMILES string of the molecule is CCCCN=C(NCCOCCO)NCCc1ccco1. The highest BCUT2D eigenvalue weighted by molar-refractivity contribution is 5.79. The van der Waals surface area contributed by atoms with E-state index in [0.717, 1.165) is 44.1 Å². The van der Waals surface area contributed by atoms with Gasteiger partial charge in [0.1, 0.15) is 5.76 Å². The molecule has 1 heterocycles. The van der Waals surface area contributed by atoms with Crippen molar-refractivity contribution < 1.29 is 14.3 Å². The third-order valence-corrected chi connectivity index (χ3v) is 2.80. The molecule has 120 valence electrons. The lowest BCUT2D eigenvalue weighted by Crippen LogP contribution is -2.40. The third-order valence-electron chi connectivity index (χ3n) is 2.80. The zero-order chi connectivity index (χ0) is 15.2. The van der Waals surface area contributed by atoms with E-state index in [0.29, 0.717) is 19.8 Å². The van der Waals surface area contributed by atoms with Crippen LogP contribution >= 0.6 is 0 Å². The Balaban J connectivity index is 2.24. The Morgan fingerprint density at radius 1 is 1.33 bits per heavy atom. The molecule has 0 amide bonds. The van der Waals surface area contributed by atoms with Gasteiger partial charge < -0.3 is 24.9 Å². The van der Waals surface area contributed by atoms with Gasteiger partial charge in [-0.3, -0.25) is 4.99 Å². The molecule has 0 aromatic carbocycles. The van der Waals surface area contributed by atoms with Crippen molar-refractivity contribution in [1.29, 1.82) is 0 Å². The molecule has 0 unspecified atom stereocenters. The lowest BCUT2D eigenvalue weighted by molar-refractivity contribution is 0.0957. The van der Waals surface area contributed by atoms with Gasteiger partial charge in [-0.25, -0.2) is 0 Å². The second-order valence-corrected chi connectivity index (χ2v) is 4.60. The van der Waals surface area contributed by atoms with Crippen molar-refractivity contribution in [3.8, 4) is 0 Å². The fourth-order valence-corrected chi connectivity index (χ4v) is 1.69. The van der Waals surface area contributed by atoms with Gasteiger partial charge in [-0.1, -0.05) is 13.3 Å². The highest BCUT2D eigenvalue weighted by Gasteiger charge is 2.00. The highest BCUT2D eigenvalue weighted by Crippen LogP contribution is 1.99. The molecule has 0 aliphatic heterocycles. The monoisotopic (exact) mass is 297 g/mol. The second-order valence-electron chi connectivity index (χ2n) is 4.60. The van der Waals surface area contributed by atoms with E-state index >= 15 is 0 Å². The lowest BCUT2D eigenvalue weighted by Gasteiger charge is -2.12. The van der Waals surface area contributed by atoms with Crippen molar-refractivity contribution >= 4 is 5.96 Å². The van der Waals surface area contributed by atoms with Crippen molar-refractivity contribution in [3.05, 3.63) is 24.2 Å². The van der Waals surface area contributed by atoms with E-state index in [9.17, 15) is 0 Å². The fourth-order valence-electron chi connectivity index (χ4n) is 1.69. The van der Waals surface area contributed by atoms with Crippen LogP contribution in [-0.2, 0) is 11.2 Å². The van der Waals surface area contributed by atoms with E-state index in [-0.39, 0.29) is 6.61 Å². The van der Waals surface area contributed by atoms with Crippen LogP contribution in [0.2, 0.25) is 0 Å². The summed E-state index contributed by atoms with van der Waals surface area (Å²) in [6.45, 7) is 5.36. The first-order valence-electron chi connectivity index (χ1n) is 7.60. The fraction of sp³-hybridized carbons (Fsp3) is 0.667. The summed E-state index contributed by atoms with van der Waals surface area (Å²) in [4.78, 5) is 4.51. The Bertz CT molecular complexity index is 366. The molecule has 21 heavy (non-hydrogen) atoms. The van der Waals surface area contributed by atoms with Crippen molar-refractivity contribution in [2.75, 3.05) is 39.5 Å². The first kappa shape index (κ1) is 17.5. The Labute approximate surface area is 126 Å². The predicted molar refractivity (Wildman–Crippen MR) is 83.5 cm³/mol. The van der Waals surface area contributed by atoms with Crippen molar-refractivity contribution in [3.63, 3.8) is 0 Å². The number of hydrogen-bond donors (Lipinski definition) is 3. The third kappa shape index (κ3) is 9.10. The van der Waals surface area contributed by atoms with Gasteiger partial charge in [-0.15, -0.1) is 0 Å². The van der Waals surface area contributed by atoms with E-state index in [1.165, 1.54) is 0 Å². The normalized spacial score (nSPS) is 11.6. The van der Waals surface area contributed by atoms with Crippen LogP contribution in [0.25, 0.3) is 0 Å². The second kappa shape index (κ2) is 12.2. The largest absolute Gasteiger partial charge is 0.469 e. The van der Waals surface area contributed by atoms with Crippen LogP contribution in [0.3, 0.4) is 0 Å². The standard InChI is InChI=1S/C15H27N3O3/c1-2-3-7-16-15(18-9-12-20-13-10-19)17-8-6-14-5-4-11-21-14/h4-5,11,19H,2-3,6-10,12-13H2,1H3,(H2,16,17,18). The first-order chi connectivity index (χ1) is 10.4. The summed E-state index contributed by atoms with van der Waals surface area (Å²) < 4.78 is 10.5. The predicted octanol–water partition coefficient (Wildman–Crippen LogP) is 1.17. The van der Waals surface area contributed by atoms with Crippen molar-refractivity contribution in [2.24, 2.45) is 4.99 Å². The Kier molecular flexibility index (Phi) is 10.2. The summed E-state index contributed by atoms with van der Waals surface area (Å²) in [6, 6.07) is 3.86. The van der Waals surface area contributed by atoms with E-state index in [2.05, 4.69) is 22.5 Å². The molecule has 0 atom stereocenters. The molecular weight excluding hydrogens is 270 g/mol. The van der Waals surface area contributed by atoms with Crippen LogP contribution in [-0.4, -0.2) is 50.5 Å². The molecule has 1 aromatic heterocycles. The molecule has 0 aliphatic carbocycles. The van der Waals surface area contributed by atoms with Gasteiger partial charge in [-0.05, 0) is 18.6 Å². The zero-order valence-electron chi connectivity index (χ0n) is 12.8. The smallest absolute Gasteiger partial charge is 0.191 e. The van der Waals surface area contributed by atoms with E-state index in [4.69, 9.17) is 14.3 Å². The van der Waals surface area contributed by atoms with Gasteiger partial charge in [0.25, 0.3) is 0 Å². The summed E-state index contributed by atoms with van der Waals surface area (Å²) in [5, 5.41) is 15.1. The minimum Gasteiger partial charge on any atom is -0.469 e. The van der Waals surface area contributed by atoms with Gasteiger partial charge in [0.2, 0.25) is 0 Å². The number of rotatable bonds is 11. The molecule has 1 aromatic rings. The summed E-state index contributed by atoms with van der Waals surface area (Å²) in [5.41, 5.74) is 0. The van der Waals surface area contributed by atoms with Crippen LogP contribution in [0.15, 0.2) is 27.8 Å². The Morgan fingerprint density at radius 3 is 2.90 bits per heavy atom. The van der Waals surface area contributed by atoms with Crippen LogP contribution in [0.4, 0.5) is 0 Å². The lowest BCUT2D eigenvalue weighted by atomic mass is 10.3. The average molecular weight is 297 g/mol. The van der Waals surface area contributed by atoms with Crippen molar-refractivity contribution in [2.45, 2.75) is 26.2 Å². The molecule has 0 fully saturated rings. The molecule has 0 radical (unpaired) electrons. The molecule has 1 rings (SSSR count). The van der Waals surface area contributed by atoms with Gasteiger partial charge in [0, 0.05) is 26.1 Å². The minimum absolute atomic E-state index is 0.0544. The maximum Gasteiger partial charge on any atom is 0.191 e. The number of aliphatic imine (C=N–C) groups is 1. The van der Waals surface area contributed by atoms with E-state index in [1.807, 2.05) is 12.1 Å². The molecular formula is C15H27N3O3. The number of aliphatic hydroxyl groups excluding tert-OH is 1. The highest BCUT2D eigenvalue weighted by atomic mass is 16.5. The number of furan rings is 1. The molecule has 6 heteroatoms. The maximum absolute atomic E-state index is 8.63. The first-order valence-corrected chi connectivity index (χ1v) is 7.60. The summed E-state index contributed by atoms with van der Waals surface area (Å²) in [6.07, 6.45) is 4.71. The minimum atomic E-state index is 0.0544. The number of hydrogen-bond acceptors (Lipinski definition) is 4. The quantitative estimate of drug-likeness (QED) is 0.324. The average Bonchev–Trinajstić information content (AvgIpc) is 3.00. The van der Waals surface area contributed by atoms with Crippen LogP contribution in [0, 0.1) is 0 Å². The number of nitrogens with zero attached hydrogens (tertiary/aromatic N) is 1. The number of ether oxygens (including phenoxy) is 1. The van der Waals surface area contributed by atoms with Crippen molar-refractivity contribution in [1.82, 2.24) is 10.6 Å². The molecule has 0 bridgehead atoms. The van der Waals surface area contributed by atoms with E-state index in [1.54, 1.807) is 6.26 Å². The van der Waals surface area contributed by atoms with Gasteiger partial charge in [0.05, 0.1) is 26.1 Å². The van der Waals surface area contributed by atoms with Gasteiger partial charge in [0.15, 0.2) is 5.96 Å². The van der Waals surface area contributed by atoms with Crippen LogP contribution in [0.5, 0.6) is 0 Å². The topological polar surface area (TPSA) is 79.0 Å². The number of unbranched alkanes of at least 4 members (excludes halogenated alkanes) is 1. The van der Waals surface area contributed by atoms with Gasteiger partial charge >= 0.3 is 0 Å². The summed E-state index contributed by atoms with van der Waals surface area (Å²) in [5.74, 6) is 1.75. The number of nitrogens with one attached hydrogen (secondary N) is 2. The molecule has 0 aliphatic rings. The molecule has 0 spiro atoms. The molecule has 0 saturated carbocycles. The van der Waals surface area contributed by atoms with E-state index < -0.39 is 0 Å². The Morgan fingerprint density at radius 2 is 2.19 bits per heavy atom.